The highest BCUT2D eigenvalue weighted by atomic mass is 32.2. The summed E-state index contributed by atoms with van der Waals surface area (Å²) in [4.78, 5) is 12.0. The minimum Gasteiger partial charge on any atom is -0.366 e. The molecule has 1 fully saturated rings. The van der Waals surface area contributed by atoms with Gasteiger partial charge in [0.05, 0.1) is 4.90 Å². The van der Waals surface area contributed by atoms with Crippen molar-refractivity contribution in [3.05, 3.63) is 54.1 Å². The molecule has 2 N–H and O–H groups in total. The zero-order chi connectivity index (χ0) is 17.2. The Kier molecular flexibility index (Phi) is 4.69. The van der Waals surface area contributed by atoms with Crippen molar-refractivity contribution in [1.29, 1.82) is 0 Å². The number of nitrogens with two attached hydrogens (primary N) is 1. The molecule has 0 aliphatic carbocycles. The van der Waals surface area contributed by atoms with Crippen LogP contribution in [0.25, 0.3) is 11.1 Å². The summed E-state index contributed by atoms with van der Waals surface area (Å²) in [7, 11) is -3.67. The van der Waals surface area contributed by atoms with Crippen LogP contribution >= 0.6 is 0 Å². The predicted molar refractivity (Wildman–Crippen MR) is 93.0 cm³/mol. The molecule has 126 valence electrons. The van der Waals surface area contributed by atoms with E-state index in [2.05, 4.69) is 0 Å². The molecule has 1 heterocycles. The molecule has 24 heavy (non-hydrogen) atoms. The van der Waals surface area contributed by atoms with Crippen LogP contribution in [0.15, 0.2) is 53.4 Å². The number of carbonyl (C=O) groups excluding carboxylic acids is 1. The highest BCUT2D eigenvalue weighted by molar-refractivity contribution is 7.89. The maximum absolute atomic E-state index is 13.1. The monoisotopic (exact) mass is 344 g/mol. The number of hydrogen-bond donors (Lipinski definition) is 1. The molecule has 2 aromatic rings. The molecule has 5 nitrogen and oxygen atoms in total. The van der Waals surface area contributed by atoms with Gasteiger partial charge in [-0.15, -0.1) is 0 Å². The van der Waals surface area contributed by atoms with Crippen LogP contribution in [0.1, 0.15) is 29.6 Å². The van der Waals surface area contributed by atoms with Crippen molar-refractivity contribution in [3.8, 4) is 11.1 Å². The van der Waals surface area contributed by atoms with Crippen molar-refractivity contribution in [2.45, 2.75) is 24.2 Å². The quantitative estimate of drug-likeness (QED) is 0.926. The van der Waals surface area contributed by atoms with Gasteiger partial charge in [-0.2, -0.15) is 4.31 Å². The first-order chi connectivity index (χ1) is 11.5. The van der Waals surface area contributed by atoms with Gasteiger partial charge in [0.15, 0.2) is 0 Å². The van der Waals surface area contributed by atoms with E-state index in [-0.39, 0.29) is 10.5 Å². The number of benzene rings is 2. The molecule has 1 saturated heterocycles. The van der Waals surface area contributed by atoms with Crippen LogP contribution < -0.4 is 5.73 Å². The van der Waals surface area contributed by atoms with E-state index in [1.807, 2.05) is 18.2 Å². The second-order valence-electron chi connectivity index (χ2n) is 5.87. The third-order valence-corrected chi connectivity index (χ3v) is 6.23. The Balaban J connectivity index is 2.21. The highest BCUT2D eigenvalue weighted by Gasteiger charge is 2.30. The van der Waals surface area contributed by atoms with Gasteiger partial charge < -0.3 is 5.73 Å². The number of rotatable bonds is 4. The number of primary amides is 1. The maximum atomic E-state index is 13.1. The average molecular weight is 344 g/mol. The minimum atomic E-state index is -3.67. The molecule has 2 aromatic carbocycles. The van der Waals surface area contributed by atoms with Crippen LogP contribution in [-0.4, -0.2) is 31.7 Å². The fraction of sp³-hybridized carbons (Fsp3) is 0.278. The van der Waals surface area contributed by atoms with Gasteiger partial charge in [0.25, 0.3) is 0 Å². The van der Waals surface area contributed by atoms with Crippen molar-refractivity contribution in [2.75, 3.05) is 13.1 Å². The normalized spacial score (nSPS) is 16.0. The van der Waals surface area contributed by atoms with Gasteiger partial charge in [-0.25, -0.2) is 8.42 Å². The zero-order valence-electron chi connectivity index (χ0n) is 13.3. The van der Waals surface area contributed by atoms with E-state index in [9.17, 15) is 13.2 Å². The molecule has 0 aromatic heterocycles. The number of sulfonamides is 1. The van der Waals surface area contributed by atoms with Crippen LogP contribution in [0.4, 0.5) is 0 Å². The van der Waals surface area contributed by atoms with Gasteiger partial charge in [0.2, 0.25) is 15.9 Å². The van der Waals surface area contributed by atoms with Crippen molar-refractivity contribution in [2.24, 2.45) is 5.73 Å². The van der Waals surface area contributed by atoms with E-state index in [0.29, 0.717) is 24.2 Å². The Morgan fingerprint density at radius 3 is 2.21 bits per heavy atom. The maximum Gasteiger partial charge on any atom is 0.249 e. The van der Waals surface area contributed by atoms with E-state index >= 15 is 0 Å². The topological polar surface area (TPSA) is 80.5 Å². The largest absolute Gasteiger partial charge is 0.366 e. The molecule has 0 radical (unpaired) electrons. The Bertz CT molecular complexity index is 842. The minimum absolute atomic E-state index is 0.145. The van der Waals surface area contributed by atoms with Crippen LogP contribution in [0.2, 0.25) is 0 Å². The van der Waals surface area contributed by atoms with Crippen LogP contribution in [0.5, 0.6) is 0 Å². The third-order valence-electron chi connectivity index (χ3n) is 4.29. The summed E-state index contributed by atoms with van der Waals surface area (Å²) in [6.07, 6.45) is 2.75. The average Bonchev–Trinajstić information content (AvgIpc) is 2.62. The van der Waals surface area contributed by atoms with Crippen LogP contribution in [-0.2, 0) is 10.0 Å². The Morgan fingerprint density at radius 2 is 1.58 bits per heavy atom. The molecule has 1 aliphatic rings. The van der Waals surface area contributed by atoms with Crippen LogP contribution in [0.3, 0.4) is 0 Å². The molecule has 0 bridgehead atoms. The number of hydrogen-bond acceptors (Lipinski definition) is 3. The standard InChI is InChI=1S/C18H20N2O3S/c19-18(21)15-10-7-11-16(17(15)14-8-3-1-4-9-14)24(22,23)20-12-5-2-6-13-20/h1,3-4,7-11H,2,5-6,12-13H2,(H2,19,21). The summed E-state index contributed by atoms with van der Waals surface area (Å²) in [5.41, 5.74) is 6.77. The van der Waals surface area contributed by atoms with E-state index < -0.39 is 15.9 Å². The molecule has 0 saturated carbocycles. The lowest BCUT2D eigenvalue weighted by Crippen LogP contribution is -2.36. The van der Waals surface area contributed by atoms with Gasteiger partial charge in [0, 0.05) is 24.2 Å². The second-order valence-corrected chi connectivity index (χ2v) is 7.78. The second kappa shape index (κ2) is 6.75. The first-order valence-electron chi connectivity index (χ1n) is 8.00. The molecule has 6 heteroatoms. The molecular formula is C18H20N2O3S. The summed E-state index contributed by atoms with van der Waals surface area (Å²) in [5.74, 6) is -0.635. The SMILES string of the molecule is NC(=O)c1cccc(S(=O)(=O)N2CCCCC2)c1-c1ccccc1. The van der Waals surface area contributed by atoms with Crippen molar-refractivity contribution in [1.82, 2.24) is 4.31 Å². The molecule has 3 rings (SSSR count). The fourth-order valence-electron chi connectivity index (χ4n) is 3.10. The first kappa shape index (κ1) is 16.7. The van der Waals surface area contributed by atoms with Crippen molar-refractivity contribution >= 4 is 15.9 Å². The molecule has 0 atom stereocenters. The number of carbonyl (C=O) groups is 1. The zero-order valence-corrected chi connectivity index (χ0v) is 14.1. The molecule has 0 unspecified atom stereocenters. The Hall–Kier alpha value is -2.18. The number of piperidine rings is 1. The molecular weight excluding hydrogens is 324 g/mol. The summed E-state index contributed by atoms with van der Waals surface area (Å²) < 4.78 is 27.8. The third kappa shape index (κ3) is 3.07. The predicted octanol–water partition coefficient (Wildman–Crippen LogP) is 2.63. The van der Waals surface area contributed by atoms with Gasteiger partial charge in [-0.05, 0) is 30.5 Å². The van der Waals surface area contributed by atoms with E-state index in [0.717, 1.165) is 19.3 Å². The number of amides is 1. The Morgan fingerprint density at radius 1 is 0.917 bits per heavy atom. The number of nitrogens with zero attached hydrogens (tertiary/aromatic N) is 1. The van der Waals surface area contributed by atoms with Gasteiger partial charge in [-0.3, -0.25) is 4.79 Å². The van der Waals surface area contributed by atoms with Crippen molar-refractivity contribution < 1.29 is 13.2 Å². The molecule has 1 aliphatic heterocycles. The lowest BCUT2D eigenvalue weighted by Gasteiger charge is -2.27. The van der Waals surface area contributed by atoms with E-state index in [1.165, 1.54) is 4.31 Å². The Labute approximate surface area is 142 Å². The van der Waals surface area contributed by atoms with Crippen molar-refractivity contribution in [3.63, 3.8) is 0 Å². The lowest BCUT2D eigenvalue weighted by molar-refractivity contribution is 0.100. The fourth-order valence-corrected chi connectivity index (χ4v) is 4.85. The summed E-state index contributed by atoms with van der Waals surface area (Å²) in [6.45, 7) is 1.02. The smallest absolute Gasteiger partial charge is 0.249 e. The summed E-state index contributed by atoms with van der Waals surface area (Å²) >= 11 is 0. The first-order valence-corrected chi connectivity index (χ1v) is 9.44. The lowest BCUT2D eigenvalue weighted by atomic mass is 9.99. The van der Waals surface area contributed by atoms with E-state index in [1.54, 1.807) is 30.3 Å². The van der Waals surface area contributed by atoms with Gasteiger partial charge in [0.1, 0.15) is 0 Å². The molecule has 0 spiro atoms. The molecule has 1 amide bonds. The highest BCUT2D eigenvalue weighted by Crippen LogP contribution is 2.33. The summed E-state index contributed by atoms with van der Waals surface area (Å²) in [6, 6.07) is 13.7. The van der Waals surface area contributed by atoms with Gasteiger partial charge >= 0.3 is 0 Å². The summed E-state index contributed by atoms with van der Waals surface area (Å²) in [5, 5.41) is 0. The van der Waals surface area contributed by atoms with E-state index in [4.69, 9.17) is 5.73 Å². The van der Waals surface area contributed by atoms with Crippen LogP contribution in [0, 0.1) is 0 Å². The van der Waals surface area contributed by atoms with Gasteiger partial charge in [-0.1, -0.05) is 42.8 Å².